The summed E-state index contributed by atoms with van der Waals surface area (Å²) in [5.74, 6) is 0. The molecule has 4 heteroatoms. The summed E-state index contributed by atoms with van der Waals surface area (Å²) in [6.45, 7) is 0. The summed E-state index contributed by atoms with van der Waals surface area (Å²) in [7, 11) is 0. The van der Waals surface area contributed by atoms with Crippen molar-refractivity contribution in [2.45, 2.75) is 12.3 Å². The van der Waals surface area contributed by atoms with Crippen LogP contribution in [-0.4, -0.2) is 12.7 Å². The van der Waals surface area contributed by atoms with E-state index in [-0.39, 0.29) is 5.39 Å². The summed E-state index contributed by atoms with van der Waals surface area (Å²) in [6, 6.07) is -7.77. The first-order chi connectivity index (χ1) is 15.1. The molecule has 0 heterocycles. The molecule has 0 fully saturated rings. The molecule has 1 nitrogen and oxygen atoms in total. The van der Waals surface area contributed by atoms with Gasteiger partial charge in [-0.3, -0.25) is 0 Å². The predicted molar refractivity (Wildman–Crippen MR) is 81.2 cm³/mol. The fourth-order valence-corrected chi connectivity index (χ4v) is 2.37. The molecule has 0 saturated heterocycles. The molecule has 1 atom stereocenters. The van der Waals surface area contributed by atoms with E-state index in [1.165, 1.54) is 0 Å². The van der Waals surface area contributed by atoms with Crippen molar-refractivity contribution in [2.75, 3.05) is 0 Å². The van der Waals surface area contributed by atoms with E-state index in [2.05, 4.69) is 5.11 Å². The van der Waals surface area contributed by atoms with Crippen LogP contribution >= 0.6 is 0 Å². The molecule has 4 rings (SSSR count). The molecule has 0 saturated carbocycles. The molecule has 22 heavy (non-hydrogen) atoms. The van der Waals surface area contributed by atoms with E-state index >= 15 is 0 Å². The van der Waals surface area contributed by atoms with Gasteiger partial charge >= 0.3 is 6.18 Å². The van der Waals surface area contributed by atoms with E-state index in [9.17, 15) is 13.2 Å². The predicted octanol–water partition coefficient (Wildman–Crippen LogP) is 5.18. The van der Waals surface area contributed by atoms with Gasteiger partial charge in [0.2, 0.25) is 1.43 Å². The van der Waals surface area contributed by atoms with Gasteiger partial charge < -0.3 is 5.11 Å². The third-order valence-corrected chi connectivity index (χ3v) is 3.30. The molecular formula is C18H11F3O. The van der Waals surface area contributed by atoms with Gasteiger partial charge in [-0.25, -0.2) is 0 Å². The van der Waals surface area contributed by atoms with Crippen molar-refractivity contribution in [1.82, 2.24) is 0 Å². The topological polar surface area (TPSA) is 20.2 Å². The fourth-order valence-electron chi connectivity index (χ4n) is 2.37. The van der Waals surface area contributed by atoms with Crippen molar-refractivity contribution < 1.29 is 32.0 Å². The van der Waals surface area contributed by atoms with Gasteiger partial charge in [0.15, 0.2) is 6.08 Å². The lowest BCUT2D eigenvalue weighted by molar-refractivity contribution is -0.206. The summed E-state index contributed by atoms with van der Waals surface area (Å²) in [5, 5.41) is 0.512. The van der Waals surface area contributed by atoms with Crippen LogP contribution in [-0.2, 0) is 0 Å². The van der Waals surface area contributed by atoms with Crippen LogP contribution in [0.25, 0.3) is 32.3 Å². The molecule has 110 valence electrons. The second kappa shape index (κ2) is 4.34. The third-order valence-electron chi connectivity index (χ3n) is 3.30. The Morgan fingerprint density at radius 1 is 0.909 bits per heavy atom. The Bertz CT molecular complexity index is 1480. The number of hydrogen-bond donors (Lipinski definition) is 1. The summed E-state index contributed by atoms with van der Waals surface area (Å²) in [5.41, 5.74) is -1.42. The minimum Gasteiger partial charge on any atom is -0.379 e. The van der Waals surface area contributed by atoms with Crippen LogP contribution in [0.5, 0.6) is 0 Å². The minimum atomic E-state index is -5.62. The Labute approximate surface area is 139 Å². The van der Waals surface area contributed by atoms with Crippen LogP contribution in [0.15, 0.2) is 54.4 Å². The fraction of sp³-hybridized carbons (Fsp3) is 0.111. The van der Waals surface area contributed by atoms with Crippen LogP contribution in [0.2, 0.25) is 0 Å². The number of benzene rings is 4. The zero-order valence-corrected chi connectivity index (χ0v) is 10.5. The summed E-state index contributed by atoms with van der Waals surface area (Å²) >= 11 is 0. The summed E-state index contributed by atoms with van der Waals surface area (Å²) in [6.07, 6.45) is -9.86. The monoisotopic (exact) mass is 311 g/mol. The average Bonchev–Trinajstić information content (AvgIpc) is 2.74. The molecule has 0 bridgehead atoms. The SMILES string of the molecule is [2H]O[C@@]([2H])(c1c([2H])c([2H])c2c([2H])c([2H])c3c([2H])c([2H])c([2H])c4c([2H])c([2H])c1c2c34)C(F)(F)F. The van der Waals surface area contributed by atoms with Crippen molar-refractivity contribution in [3.05, 3.63) is 59.9 Å². The van der Waals surface area contributed by atoms with Crippen LogP contribution in [0.1, 0.15) is 25.4 Å². The van der Waals surface area contributed by atoms with Gasteiger partial charge in [-0.2, -0.15) is 13.2 Å². The van der Waals surface area contributed by atoms with E-state index in [1.54, 1.807) is 0 Å². The number of alkyl halides is 3. The highest BCUT2D eigenvalue weighted by atomic mass is 19.4. The molecule has 0 unspecified atom stereocenters. The molecule has 0 aliphatic heterocycles. The van der Waals surface area contributed by atoms with E-state index in [0.717, 1.165) is 0 Å². The number of aliphatic hydroxyl groups is 1. The minimum absolute atomic E-state index is 0.364. The van der Waals surface area contributed by atoms with Crippen LogP contribution in [0, 0.1) is 0 Å². The van der Waals surface area contributed by atoms with Gasteiger partial charge in [0.05, 0.1) is 13.7 Å². The molecule has 0 aliphatic carbocycles. The maximum atomic E-state index is 13.8. The Morgan fingerprint density at radius 3 is 2.14 bits per heavy atom. The molecule has 0 spiro atoms. The molecule has 0 aliphatic rings. The highest BCUT2D eigenvalue weighted by Gasteiger charge is 2.40. The number of hydrogen-bond acceptors (Lipinski definition) is 1. The molecule has 0 radical (unpaired) electrons. The highest BCUT2D eigenvalue weighted by Crippen LogP contribution is 2.41. The van der Waals surface area contributed by atoms with Crippen LogP contribution < -0.4 is 0 Å². The van der Waals surface area contributed by atoms with Gasteiger partial charge in [-0.15, -0.1) is 0 Å². The van der Waals surface area contributed by atoms with Crippen LogP contribution in [0.4, 0.5) is 13.2 Å². The average molecular weight is 311 g/mol. The summed E-state index contributed by atoms with van der Waals surface area (Å²) < 4.78 is 130. The molecule has 4 aromatic rings. The Morgan fingerprint density at radius 2 is 1.50 bits per heavy atom. The van der Waals surface area contributed by atoms with E-state index < -0.39 is 99.1 Å². The van der Waals surface area contributed by atoms with Gasteiger partial charge in [0.1, 0.15) is 0 Å². The van der Waals surface area contributed by atoms with E-state index in [0.29, 0.717) is 0 Å². The third kappa shape index (κ3) is 1.77. The first-order valence-electron chi connectivity index (χ1n) is 11.4. The quantitative estimate of drug-likeness (QED) is 0.506. The zero-order chi connectivity index (χ0) is 24.9. The largest absolute Gasteiger partial charge is 0.418 e. The Kier molecular flexibility index (Phi) is 1.19. The lowest BCUT2D eigenvalue weighted by Crippen LogP contribution is -2.20. The lowest BCUT2D eigenvalue weighted by Gasteiger charge is -2.19. The molecule has 0 amide bonds. The second-order valence-corrected chi connectivity index (χ2v) is 4.58. The molecular weight excluding hydrogens is 289 g/mol. The first kappa shape index (κ1) is 6.05. The maximum Gasteiger partial charge on any atom is 0.418 e. The first-order valence-corrected chi connectivity index (χ1v) is 6.02. The van der Waals surface area contributed by atoms with Gasteiger partial charge in [0.25, 0.3) is 0 Å². The van der Waals surface area contributed by atoms with Crippen molar-refractivity contribution in [2.24, 2.45) is 0 Å². The molecule has 1 N–H and O–H groups in total. The highest BCUT2D eigenvalue weighted by molar-refractivity contribution is 6.23. The van der Waals surface area contributed by atoms with Crippen molar-refractivity contribution in [1.29, 1.82) is 1.43 Å². The van der Waals surface area contributed by atoms with Gasteiger partial charge in [-0.05, 0) is 37.9 Å². The van der Waals surface area contributed by atoms with E-state index in [4.69, 9.17) is 15.1 Å². The van der Waals surface area contributed by atoms with Gasteiger partial charge in [0, 0.05) is 0 Å². The lowest BCUT2D eigenvalue weighted by atomic mass is 9.90. The van der Waals surface area contributed by atoms with Gasteiger partial charge in [-0.1, -0.05) is 54.4 Å². The standard InChI is InChI=1S/C18H11F3O/c19-18(20,21)17(22)14-9-7-12-5-4-10-2-1-3-11-6-8-13(14)16(12)15(10)11/h1-9,17,22H/t17-/m0/s1/i1D,2D,3D,4D,5D,6D,7D,8D,9D,17D,22D. The molecule has 0 aromatic heterocycles. The normalized spacial score (nSPS) is 22.6. The van der Waals surface area contributed by atoms with Crippen molar-refractivity contribution in [3.8, 4) is 0 Å². The van der Waals surface area contributed by atoms with E-state index in [1.807, 2.05) is 0 Å². The maximum absolute atomic E-state index is 13.8. The Hall–Kier alpha value is -2.33. The molecule has 4 aromatic carbocycles. The van der Waals surface area contributed by atoms with Crippen molar-refractivity contribution in [3.63, 3.8) is 0 Å². The number of halogens is 3. The number of rotatable bonds is 2. The van der Waals surface area contributed by atoms with Crippen LogP contribution in [0.3, 0.4) is 0 Å². The summed E-state index contributed by atoms with van der Waals surface area (Å²) in [4.78, 5) is 0. The zero-order valence-electron chi connectivity index (χ0n) is 21.5. The smallest absolute Gasteiger partial charge is 0.379 e. The van der Waals surface area contributed by atoms with Crippen molar-refractivity contribution >= 4 is 32.3 Å². The Balaban J connectivity index is 2.54. The second-order valence-electron chi connectivity index (χ2n) is 4.58.